The van der Waals surface area contributed by atoms with Crippen LogP contribution in [0.1, 0.15) is 11.3 Å². The highest BCUT2D eigenvalue weighted by Gasteiger charge is 2.25. The average molecular weight is 352 g/mol. The summed E-state index contributed by atoms with van der Waals surface area (Å²) in [6.45, 7) is -0.0227. The average Bonchev–Trinajstić information content (AvgIpc) is 2.93. The second-order valence-electron chi connectivity index (χ2n) is 4.77. The quantitative estimate of drug-likeness (QED) is 0.800. The second kappa shape index (κ2) is 5.67. The third kappa shape index (κ3) is 2.68. The largest absolute Gasteiger partial charge is 0.493 e. The molecule has 1 aliphatic heterocycles. The van der Waals surface area contributed by atoms with E-state index < -0.39 is 17.7 Å². The van der Waals surface area contributed by atoms with Gasteiger partial charge in [0, 0.05) is 11.8 Å². The molecule has 2 aromatic rings. The van der Waals surface area contributed by atoms with Crippen molar-refractivity contribution < 1.29 is 24.2 Å². The molecular weight excluding hydrogens is 343 g/mol. The molecule has 6 nitrogen and oxygen atoms in total. The first-order chi connectivity index (χ1) is 10.9. The zero-order chi connectivity index (χ0) is 16.7. The number of rotatable bonds is 4. The zero-order valence-electron chi connectivity index (χ0n) is 11.4. The number of thiazole rings is 1. The number of carbonyl (C=O) groups excluding carboxylic acids is 1. The van der Waals surface area contributed by atoms with E-state index in [1.807, 2.05) is 0 Å². The molecule has 3 rings (SSSR count). The predicted molar refractivity (Wildman–Crippen MR) is 81.8 cm³/mol. The van der Waals surface area contributed by atoms with Crippen molar-refractivity contribution in [2.24, 2.45) is 4.99 Å². The van der Waals surface area contributed by atoms with Crippen molar-refractivity contribution in [2.45, 2.75) is 13.0 Å². The van der Waals surface area contributed by atoms with Crippen molar-refractivity contribution in [1.29, 1.82) is 0 Å². The summed E-state index contributed by atoms with van der Waals surface area (Å²) in [5, 5.41) is 19.6. The molecule has 0 saturated carbocycles. The Morgan fingerprint density at radius 3 is 2.87 bits per heavy atom. The summed E-state index contributed by atoms with van der Waals surface area (Å²) in [5.74, 6) is -2.47. The van der Waals surface area contributed by atoms with Crippen molar-refractivity contribution in [3.63, 3.8) is 0 Å². The van der Waals surface area contributed by atoms with Crippen LogP contribution in [0.2, 0.25) is 0 Å². The van der Waals surface area contributed by atoms with Crippen LogP contribution in [0.3, 0.4) is 0 Å². The van der Waals surface area contributed by atoms with Gasteiger partial charge < -0.3 is 10.2 Å². The Bertz CT molecular complexity index is 1020. The molecule has 2 heterocycles. The Morgan fingerprint density at radius 1 is 1.43 bits per heavy atom. The van der Waals surface area contributed by atoms with Crippen molar-refractivity contribution in [3.05, 3.63) is 43.4 Å². The molecule has 1 aromatic carbocycles. The second-order valence-corrected chi connectivity index (χ2v) is 6.41. The van der Waals surface area contributed by atoms with E-state index in [9.17, 15) is 19.1 Å². The topological polar surface area (TPSA) is 91.9 Å². The maximum absolute atomic E-state index is 13.5. The Kier molecular flexibility index (Phi) is 3.82. The molecule has 0 spiro atoms. The van der Waals surface area contributed by atoms with E-state index in [4.69, 9.17) is 17.3 Å². The maximum Gasteiger partial charge on any atom is 0.305 e. The molecule has 0 aliphatic carbocycles. The normalized spacial score (nSPS) is 13.1. The number of halogens is 1. The van der Waals surface area contributed by atoms with Crippen LogP contribution < -0.4 is 10.6 Å². The number of hydrogen-bond acceptors (Lipinski definition) is 5. The molecule has 23 heavy (non-hydrogen) atoms. The van der Waals surface area contributed by atoms with E-state index >= 15 is 0 Å². The minimum atomic E-state index is -1.04. The maximum atomic E-state index is 13.5. The van der Waals surface area contributed by atoms with Crippen LogP contribution in [-0.4, -0.2) is 26.7 Å². The van der Waals surface area contributed by atoms with Gasteiger partial charge in [-0.2, -0.15) is 0 Å². The van der Waals surface area contributed by atoms with Crippen LogP contribution in [0.5, 0.6) is 5.88 Å². The summed E-state index contributed by atoms with van der Waals surface area (Å²) >= 11 is 6.07. The lowest BCUT2D eigenvalue weighted by molar-refractivity contribution is -0.137. The summed E-state index contributed by atoms with van der Waals surface area (Å²) < 4.78 is 14.9. The van der Waals surface area contributed by atoms with E-state index in [2.05, 4.69) is 4.99 Å². The molecule has 1 amide bonds. The molecule has 0 atom stereocenters. The Balaban J connectivity index is 2.20. The lowest BCUT2D eigenvalue weighted by atomic mass is 10.1. The lowest BCUT2D eigenvalue weighted by Gasteiger charge is -2.03. The molecule has 2 N–H and O–H groups in total. The van der Waals surface area contributed by atoms with Crippen LogP contribution in [0.4, 0.5) is 4.39 Å². The van der Waals surface area contributed by atoms with Gasteiger partial charge in [-0.25, -0.2) is 9.38 Å². The number of hydrogen-bond donors (Lipinski definition) is 2. The minimum Gasteiger partial charge on any atom is -0.493 e. The molecule has 118 valence electrons. The first-order valence-corrected chi connectivity index (χ1v) is 7.68. The van der Waals surface area contributed by atoms with Gasteiger partial charge in [0.05, 0.1) is 17.4 Å². The van der Waals surface area contributed by atoms with Gasteiger partial charge in [0.1, 0.15) is 10.7 Å². The van der Waals surface area contributed by atoms with Crippen molar-refractivity contribution in [3.8, 4) is 5.88 Å². The summed E-state index contributed by atoms with van der Waals surface area (Å²) in [6.07, 6.45) is -0.225. The van der Waals surface area contributed by atoms with Crippen LogP contribution in [0.25, 0.3) is 5.57 Å². The first kappa shape index (κ1) is 15.5. The molecule has 0 unspecified atom stereocenters. The SMILES string of the molecule is O=C(O)CCn1c(O)c(C2=c3cc(F)ccc3=NC2=O)sc1=S. The number of aromatic hydroxyl groups is 1. The predicted octanol–water partition coefficient (Wildman–Crippen LogP) is 0.957. The molecule has 0 radical (unpaired) electrons. The van der Waals surface area contributed by atoms with Gasteiger partial charge in [-0.1, -0.05) is 0 Å². The van der Waals surface area contributed by atoms with Gasteiger partial charge >= 0.3 is 5.97 Å². The van der Waals surface area contributed by atoms with Crippen molar-refractivity contribution >= 4 is 41.0 Å². The standard InChI is InChI=1S/C14H9FN2O4S2/c15-6-1-2-8-7(5-6)10(12(20)16-8)11-13(21)17(14(22)23-11)4-3-9(18)19/h1-2,5,21H,3-4H2,(H,18,19). The van der Waals surface area contributed by atoms with Crippen LogP contribution in [-0.2, 0) is 16.1 Å². The summed E-state index contributed by atoms with van der Waals surface area (Å²) in [7, 11) is 0. The molecule has 1 aromatic heterocycles. The van der Waals surface area contributed by atoms with Gasteiger partial charge in [0.25, 0.3) is 5.91 Å². The van der Waals surface area contributed by atoms with E-state index in [-0.39, 0.29) is 38.5 Å². The molecule has 0 bridgehead atoms. The zero-order valence-corrected chi connectivity index (χ0v) is 13.1. The smallest absolute Gasteiger partial charge is 0.305 e. The van der Waals surface area contributed by atoms with Crippen LogP contribution >= 0.6 is 23.6 Å². The highest BCUT2D eigenvalue weighted by atomic mass is 32.1. The van der Waals surface area contributed by atoms with Crippen molar-refractivity contribution in [1.82, 2.24) is 4.57 Å². The molecule has 0 saturated heterocycles. The fourth-order valence-electron chi connectivity index (χ4n) is 2.27. The Hall–Kier alpha value is -2.39. The van der Waals surface area contributed by atoms with Crippen molar-refractivity contribution in [2.75, 3.05) is 0 Å². The number of carbonyl (C=O) groups is 2. The van der Waals surface area contributed by atoms with E-state index in [0.29, 0.717) is 5.36 Å². The third-order valence-electron chi connectivity index (χ3n) is 3.31. The van der Waals surface area contributed by atoms with E-state index in [1.165, 1.54) is 22.8 Å². The van der Waals surface area contributed by atoms with Gasteiger partial charge in [0.2, 0.25) is 5.88 Å². The third-order valence-corrected chi connectivity index (χ3v) is 4.76. The monoisotopic (exact) mass is 352 g/mol. The number of aromatic nitrogens is 1. The van der Waals surface area contributed by atoms with Gasteiger partial charge in [-0.05, 0) is 30.4 Å². The van der Waals surface area contributed by atoms with Crippen LogP contribution in [0, 0.1) is 9.77 Å². The lowest BCUT2D eigenvalue weighted by Crippen LogP contribution is -2.23. The van der Waals surface area contributed by atoms with Crippen LogP contribution in [0.15, 0.2) is 23.2 Å². The summed E-state index contributed by atoms with van der Waals surface area (Å²) in [4.78, 5) is 26.8. The number of amides is 1. The molecular formula is C14H9FN2O4S2. The number of carboxylic acid groups (broad SMARTS) is 1. The Labute approximate surface area is 137 Å². The fourth-order valence-corrected chi connectivity index (χ4v) is 3.66. The van der Waals surface area contributed by atoms with Gasteiger partial charge in [-0.15, -0.1) is 11.3 Å². The Morgan fingerprint density at radius 2 is 2.17 bits per heavy atom. The summed E-state index contributed by atoms with van der Waals surface area (Å²) in [6, 6.07) is 3.74. The number of nitrogens with zero attached hydrogens (tertiary/aromatic N) is 2. The number of aliphatic carboxylic acids is 1. The highest BCUT2D eigenvalue weighted by molar-refractivity contribution is 7.73. The van der Waals surface area contributed by atoms with Gasteiger partial charge in [-0.3, -0.25) is 14.2 Å². The molecule has 9 heteroatoms. The first-order valence-electron chi connectivity index (χ1n) is 6.46. The fraction of sp³-hybridized carbons (Fsp3) is 0.143. The van der Waals surface area contributed by atoms with Gasteiger partial charge in [0.15, 0.2) is 3.95 Å². The highest BCUT2D eigenvalue weighted by Crippen LogP contribution is 2.32. The van der Waals surface area contributed by atoms with E-state index in [1.54, 1.807) is 0 Å². The minimum absolute atomic E-state index is 0.0227. The number of fused-ring (bicyclic) bond motifs is 1. The number of carboxylic acids is 1. The summed E-state index contributed by atoms with van der Waals surface area (Å²) in [5.41, 5.74) is 0.0715. The molecule has 0 fully saturated rings. The number of benzene rings is 1. The van der Waals surface area contributed by atoms with E-state index in [0.717, 1.165) is 11.3 Å². The molecule has 1 aliphatic rings.